The molecule has 2 heteroatoms. The molecule has 72 valence electrons. The summed E-state index contributed by atoms with van der Waals surface area (Å²) in [5.74, 6) is 0. The first-order valence-corrected chi connectivity index (χ1v) is 5.17. The lowest BCUT2D eigenvalue weighted by atomic mass is 10.1. The maximum absolute atomic E-state index is 3.27. The summed E-state index contributed by atoms with van der Waals surface area (Å²) < 4.78 is 0. The molecule has 1 aliphatic heterocycles. The molecule has 0 amide bonds. The van der Waals surface area contributed by atoms with Crippen molar-refractivity contribution in [2.24, 2.45) is 0 Å². The Bertz CT molecular complexity index is 466. The van der Waals surface area contributed by atoms with Crippen molar-refractivity contribution >= 4 is 16.6 Å². The molecule has 1 saturated heterocycles. The zero-order chi connectivity index (χ0) is 9.54. The van der Waals surface area contributed by atoms with Gasteiger partial charge in [0.2, 0.25) is 0 Å². The second kappa shape index (κ2) is 2.77. The summed E-state index contributed by atoms with van der Waals surface area (Å²) in [4.78, 5) is 5.69. The molecule has 1 aliphatic rings. The van der Waals surface area contributed by atoms with Crippen molar-refractivity contribution < 1.29 is 0 Å². The number of anilines is 1. The Morgan fingerprint density at radius 2 is 2.14 bits per heavy atom. The summed E-state index contributed by atoms with van der Waals surface area (Å²) in [5, 5.41) is 1.36. The molecule has 0 unspecified atom stereocenters. The maximum Gasteiger partial charge on any atom is 0.0458 e. The normalized spacial score (nSPS) is 15.9. The minimum absolute atomic E-state index is 1.22. The van der Waals surface area contributed by atoms with Crippen molar-refractivity contribution in [1.29, 1.82) is 0 Å². The Morgan fingerprint density at radius 1 is 1.29 bits per heavy atom. The first-order chi connectivity index (χ1) is 6.84. The molecule has 1 aromatic carbocycles. The second-order valence-corrected chi connectivity index (χ2v) is 4.04. The molecule has 0 aliphatic carbocycles. The van der Waals surface area contributed by atoms with Crippen LogP contribution in [0.2, 0.25) is 0 Å². The van der Waals surface area contributed by atoms with Gasteiger partial charge in [0.05, 0.1) is 0 Å². The Hall–Kier alpha value is -1.44. The number of fused-ring (bicyclic) bond motifs is 1. The lowest BCUT2D eigenvalue weighted by molar-refractivity contribution is 0.618. The molecule has 0 bridgehead atoms. The highest BCUT2D eigenvalue weighted by Crippen LogP contribution is 2.26. The Balaban J connectivity index is 2.13. The van der Waals surface area contributed by atoms with Gasteiger partial charge < -0.3 is 9.88 Å². The number of aryl methyl sites for hydroxylation is 1. The number of rotatable bonds is 1. The summed E-state index contributed by atoms with van der Waals surface area (Å²) in [6.07, 6.45) is 3.41. The molecule has 1 aromatic heterocycles. The molecule has 0 saturated carbocycles. The van der Waals surface area contributed by atoms with Crippen LogP contribution in [-0.2, 0) is 0 Å². The summed E-state index contributed by atoms with van der Waals surface area (Å²) in [5.41, 5.74) is 3.94. The predicted molar refractivity (Wildman–Crippen MR) is 59.9 cm³/mol. The van der Waals surface area contributed by atoms with E-state index in [4.69, 9.17) is 0 Å². The van der Waals surface area contributed by atoms with Crippen LogP contribution in [0.3, 0.4) is 0 Å². The van der Waals surface area contributed by atoms with Gasteiger partial charge in [-0.25, -0.2) is 0 Å². The molecule has 0 atom stereocenters. The van der Waals surface area contributed by atoms with Crippen LogP contribution in [0, 0.1) is 6.92 Å². The van der Waals surface area contributed by atoms with E-state index in [0.29, 0.717) is 0 Å². The van der Waals surface area contributed by atoms with Crippen LogP contribution in [0.5, 0.6) is 0 Å². The largest absolute Gasteiger partial charge is 0.371 e. The third-order valence-electron chi connectivity index (χ3n) is 3.09. The number of hydrogen-bond acceptors (Lipinski definition) is 1. The van der Waals surface area contributed by atoms with Gasteiger partial charge in [0.15, 0.2) is 0 Å². The zero-order valence-electron chi connectivity index (χ0n) is 8.38. The molecule has 0 spiro atoms. The van der Waals surface area contributed by atoms with Crippen molar-refractivity contribution in [3.8, 4) is 0 Å². The highest BCUT2D eigenvalue weighted by molar-refractivity contribution is 5.86. The second-order valence-electron chi connectivity index (χ2n) is 4.04. The highest BCUT2D eigenvalue weighted by Gasteiger charge is 2.14. The van der Waals surface area contributed by atoms with Gasteiger partial charge in [0, 0.05) is 35.9 Å². The van der Waals surface area contributed by atoms with Gasteiger partial charge in [-0.3, -0.25) is 0 Å². The predicted octanol–water partition coefficient (Wildman–Crippen LogP) is 2.69. The lowest BCUT2D eigenvalue weighted by Gasteiger charge is -2.33. The molecular formula is C12H14N2. The van der Waals surface area contributed by atoms with E-state index in [0.717, 1.165) is 0 Å². The maximum atomic E-state index is 3.27. The number of benzene rings is 1. The Morgan fingerprint density at radius 3 is 2.86 bits per heavy atom. The fourth-order valence-electron chi connectivity index (χ4n) is 2.02. The summed E-state index contributed by atoms with van der Waals surface area (Å²) in [6.45, 7) is 4.59. The van der Waals surface area contributed by atoms with E-state index in [-0.39, 0.29) is 0 Å². The van der Waals surface area contributed by atoms with Crippen molar-refractivity contribution in [1.82, 2.24) is 4.98 Å². The van der Waals surface area contributed by atoms with Gasteiger partial charge in [-0.15, -0.1) is 0 Å². The molecule has 14 heavy (non-hydrogen) atoms. The number of hydrogen-bond donors (Lipinski definition) is 1. The van der Waals surface area contributed by atoms with Gasteiger partial charge >= 0.3 is 0 Å². The van der Waals surface area contributed by atoms with Crippen LogP contribution in [0.15, 0.2) is 24.4 Å². The summed E-state index contributed by atoms with van der Waals surface area (Å²) in [7, 11) is 0. The molecule has 0 radical (unpaired) electrons. The van der Waals surface area contributed by atoms with E-state index in [1.807, 2.05) is 0 Å². The topological polar surface area (TPSA) is 19.0 Å². The third kappa shape index (κ3) is 1.03. The minimum atomic E-state index is 1.22. The quantitative estimate of drug-likeness (QED) is 0.725. The fourth-order valence-corrected chi connectivity index (χ4v) is 2.02. The SMILES string of the molecule is Cc1c[nH]c2ccc(N3CCC3)cc12. The van der Waals surface area contributed by atoms with Crippen molar-refractivity contribution in [2.75, 3.05) is 18.0 Å². The number of nitrogens with one attached hydrogen (secondary N) is 1. The van der Waals surface area contributed by atoms with Crippen molar-refractivity contribution in [2.45, 2.75) is 13.3 Å². The van der Waals surface area contributed by atoms with E-state index in [2.05, 4.69) is 41.2 Å². The van der Waals surface area contributed by atoms with E-state index >= 15 is 0 Å². The summed E-state index contributed by atoms with van der Waals surface area (Å²) >= 11 is 0. The van der Waals surface area contributed by atoms with Crippen LogP contribution < -0.4 is 4.90 Å². The summed E-state index contributed by atoms with van der Waals surface area (Å²) in [6, 6.07) is 6.67. The Kier molecular flexibility index (Phi) is 1.57. The van der Waals surface area contributed by atoms with E-state index < -0.39 is 0 Å². The van der Waals surface area contributed by atoms with Crippen molar-refractivity contribution in [3.05, 3.63) is 30.0 Å². The van der Waals surface area contributed by atoms with Gasteiger partial charge in [-0.05, 0) is 37.1 Å². The Labute approximate surface area is 83.5 Å². The molecule has 2 heterocycles. The van der Waals surface area contributed by atoms with Gasteiger partial charge in [0.1, 0.15) is 0 Å². The average Bonchev–Trinajstić information content (AvgIpc) is 2.45. The smallest absolute Gasteiger partial charge is 0.0458 e. The first kappa shape index (κ1) is 7.92. The van der Waals surface area contributed by atoms with Crippen LogP contribution in [-0.4, -0.2) is 18.1 Å². The van der Waals surface area contributed by atoms with Crippen LogP contribution in [0.1, 0.15) is 12.0 Å². The monoisotopic (exact) mass is 186 g/mol. The molecule has 3 rings (SSSR count). The number of aromatic amines is 1. The number of aromatic nitrogens is 1. The van der Waals surface area contributed by atoms with Crippen LogP contribution in [0.4, 0.5) is 5.69 Å². The van der Waals surface area contributed by atoms with E-state index in [9.17, 15) is 0 Å². The van der Waals surface area contributed by atoms with Gasteiger partial charge in [0.25, 0.3) is 0 Å². The molecule has 2 nitrogen and oxygen atoms in total. The minimum Gasteiger partial charge on any atom is -0.371 e. The molecule has 2 aromatic rings. The van der Waals surface area contributed by atoms with Gasteiger partial charge in [-0.1, -0.05) is 0 Å². The van der Waals surface area contributed by atoms with Crippen molar-refractivity contribution in [3.63, 3.8) is 0 Å². The molecule has 1 N–H and O–H groups in total. The number of nitrogens with zero attached hydrogens (tertiary/aromatic N) is 1. The molecular weight excluding hydrogens is 172 g/mol. The van der Waals surface area contributed by atoms with Crippen LogP contribution in [0.25, 0.3) is 10.9 Å². The zero-order valence-corrected chi connectivity index (χ0v) is 8.38. The number of H-pyrrole nitrogens is 1. The van der Waals surface area contributed by atoms with E-state index in [1.54, 1.807) is 0 Å². The van der Waals surface area contributed by atoms with Crippen LogP contribution >= 0.6 is 0 Å². The van der Waals surface area contributed by atoms with E-state index in [1.165, 1.54) is 41.7 Å². The highest BCUT2D eigenvalue weighted by atomic mass is 15.2. The first-order valence-electron chi connectivity index (χ1n) is 5.17. The lowest BCUT2D eigenvalue weighted by Crippen LogP contribution is -2.36. The standard InChI is InChI=1S/C12H14N2/c1-9-8-13-12-4-3-10(7-11(9)12)14-5-2-6-14/h3-4,7-8,13H,2,5-6H2,1H3. The average molecular weight is 186 g/mol. The van der Waals surface area contributed by atoms with Gasteiger partial charge in [-0.2, -0.15) is 0 Å². The molecule has 1 fully saturated rings. The fraction of sp³-hybridized carbons (Fsp3) is 0.333. The third-order valence-corrected chi connectivity index (χ3v) is 3.09.